The van der Waals surface area contributed by atoms with Crippen LogP contribution < -0.4 is 0 Å². The van der Waals surface area contributed by atoms with Crippen molar-refractivity contribution in [2.75, 3.05) is 0 Å². The summed E-state index contributed by atoms with van der Waals surface area (Å²) < 4.78 is 0. The molecular formula is C10H20O2. The Hall–Kier alpha value is -0.0800. The molecule has 0 aromatic rings. The highest BCUT2D eigenvalue weighted by Crippen LogP contribution is 2.41. The monoisotopic (exact) mass is 172 g/mol. The summed E-state index contributed by atoms with van der Waals surface area (Å²) in [5.41, 5.74) is 0.354. The third kappa shape index (κ3) is 1.80. The van der Waals surface area contributed by atoms with Crippen LogP contribution in [0, 0.1) is 10.8 Å². The van der Waals surface area contributed by atoms with Crippen LogP contribution in [0.3, 0.4) is 0 Å². The van der Waals surface area contributed by atoms with Crippen molar-refractivity contribution in [3.8, 4) is 0 Å². The lowest BCUT2D eigenvalue weighted by molar-refractivity contribution is -0.498. The van der Waals surface area contributed by atoms with Crippen LogP contribution in [-0.2, 0) is 9.78 Å². The zero-order valence-electron chi connectivity index (χ0n) is 8.97. The molecule has 0 aliphatic carbocycles. The molecular weight excluding hydrogens is 152 g/mol. The average molecular weight is 172 g/mol. The van der Waals surface area contributed by atoms with Gasteiger partial charge in [-0.3, -0.25) is 0 Å². The van der Waals surface area contributed by atoms with Crippen LogP contribution in [0.5, 0.6) is 0 Å². The predicted molar refractivity (Wildman–Crippen MR) is 48.7 cm³/mol. The lowest BCUT2D eigenvalue weighted by Gasteiger charge is -2.48. The molecule has 0 bridgehead atoms. The summed E-state index contributed by atoms with van der Waals surface area (Å²) in [4.78, 5) is 10.3. The molecule has 1 aliphatic heterocycles. The third-order valence-corrected chi connectivity index (χ3v) is 2.24. The maximum absolute atomic E-state index is 5.13. The summed E-state index contributed by atoms with van der Waals surface area (Å²) in [5.74, 6) is 0. The summed E-state index contributed by atoms with van der Waals surface area (Å²) in [7, 11) is 0. The van der Waals surface area contributed by atoms with Crippen molar-refractivity contribution in [3.05, 3.63) is 0 Å². The van der Waals surface area contributed by atoms with E-state index in [0.717, 1.165) is 0 Å². The van der Waals surface area contributed by atoms with E-state index in [1.54, 1.807) is 0 Å². The molecule has 0 N–H and O–H groups in total. The molecule has 1 saturated heterocycles. The Labute approximate surface area is 75.2 Å². The molecule has 12 heavy (non-hydrogen) atoms. The van der Waals surface area contributed by atoms with Gasteiger partial charge in [-0.1, -0.05) is 41.5 Å². The molecule has 1 rings (SSSR count). The van der Waals surface area contributed by atoms with Gasteiger partial charge in [-0.25, -0.2) is 9.78 Å². The van der Waals surface area contributed by atoms with Crippen LogP contribution in [-0.4, -0.2) is 12.2 Å². The molecule has 0 radical (unpaired) electrons. The zero-order chi connectivity index (χ0) is 9.57. The van der Waals surface area contributed by atoms with Gasteiger partial charge in [0.15, 0.2) is 0 Å². The Kier molecular flexibility index (Phi) is 2.26. The molecule has 1 aliphatic rings. The SMILES string of the molecule is CC(C)(C)C1OOC1C(C)(C)C. The van der Waals surface area contributed by atoms with Crippen LogP contribution in [0.4, 0.5) is 0 Å². The summed E-state index contributed by atoms with van der Waals surface area (Å²) in [6.07, 6.45) is 0.468. The first-order valence-corrected chi connectivity index (χ1v) is 4.55. The molecule has 0 aromatic heterocycles. The van der Waals surface area contributed by atoms with Crippen molar-refractivity contribution in [2.24, 2.45) is 10.8 Å². The second kappa shape index (κ2) is 2.71. The van der Waals surface area contributed by atoms with Gasteiger partial charge >= 0.3 is 0 Å². The van der Waals surface area contributed by atoms with Gasteiger partial charge in [0.1, 0.15) is 12.2 Å². The van der Waals surface area contributed by atoms with Crippen LogP contribution in [0.25, 0.3) is 0 Å². The van der Waals surface area contributed by atoms with E-state index in [0.29, 0.717) is 0 Å². The minimum Gasteiger partial charge on any atom is -0.230 e. The summed E-state index contributed by atoms with van der Waals surface area (Å²) in [6, 6.07) is 0. The maximum Gasteiger partial charge on any atom is 0.128 e. The van der Waals surface area contributed by atoms with Gasteiger partial charge in [-0.2, -0.15) is 0 Å². The van der Waals surface area contributed by atoms with E-state index in [1.807, 2.05) is 0 Å². The second-order valence-corrected chi connectivity index (χ2v) is 5.77. The Balaban J connectivity index is 2.62. The molecule has 0 amide bonds. The predicted octanol–water partition coefficient (Wildman–Crippen LogP) is 2.78. The van der Waals surface area contributed by atoms with Crippen LogP contribution in [0.1, 0.15) is 41.5 Å². The Bertz CT molecular complexity index is 142. The van der Waals surface area contributed by atoms with Gasteiger partial charge < -0.3 is 0 Å². The van der Waals surface area contributed by atoms with Gasteiger partial charge in [-0.05, 0) is 10.8 Å². The number of hydrogen-bond acceptors (Lipinski definition) is 2. The summed E-state index contributed by atoms with van der Waals surface area (Å²) in [6.45, 7) is 13.1. The Morgan fingerprint density at radius 2 is 0.917 bits per heavy atom. The van der Waals surface area contributed by atoms with Gasteiger partial charge in [0.05, 0.1) is 0 Å². The van der Waals surface area contributed by atoms with Crippen molar-refractivity contribution in [3.63, 3.8) is 0 Å². The lowest BCUT2D eigenvalue weighted by atomic mass is 9.75. The van der Waals surface area contributed by atoms with Crippen LogP contribution >= 0.6 is 0 Å². The molecule has 2 nitrogen and oxygen atoms in total. The highest BCUT2D eigenvalue weighted by Gasteiger charge is 2.49. The van der Waals surface area contributed by atoms with Crippen molar-refractivity contribution >= 4 is 0 Å². The fourth-order valence-electron chi connectivity index (χ4n) is 1.36. The quantitative estimate of drug-likeness (QED) is 0.523. The largest absolute Gasteiger partial charge is 0.230 e. The van der Waals surface area contributed by atoms with Crippen molar-refractivity contribution in [1.29, 1.82) is 0 Å². The molecule has 0 saturated carbocycles. The van der Waals surface area contributed by atoms with Crippen LogP contribution in [0.2, 0.25) is 0 Å². The minimum atomic E-state index is 0.177. The van der Waals surface area contributed by atoms with E-state index in [2.05, 4.69) is 41.5 Å². The van der Waals surface area contributed by atoms with Gasteiger partial charge in [0.25, 0.3) is 0 Å². The molecule has 72 valence electrons. The molecule has 2 unspecified atom stereocenters. The molecule has 0 spiro atoms. The maximum atomic E-state index is 5.13. The fourth-order valence-corrected chi connectivity index (χ4v) is 1.36. The fraction of sp³-hybridized carbons (Fsp3) is 1.00. The highest BCUT2D eigenvalue weighted by atomic mass is 17.2. The number of hydrogen-bond donors (Lipinski definition) is 0. The Morgan fingerprint density at radius 3 is 1.00 bits per heavy atom. The number of rotatable bonds is 0. The highest BCUT2D eigenvalue weighted by molar-refractivity contribution is 4.91. The molecule has 1 fully saturated rings. The first-order valence-electron chi connectivity index (χ1n) is 4.55. The van der Waals surface area contributed by atoms with E-state index < -0.39 is 0 Å². The molecule has 1 heterocycles. The van der Waals surface area contributed by atoms with Crippen LogP contribution in [0.15, 0.2) is 0 Å². The normalized spacial score (nSPS) is 31.5. The minimum absolute atomic E-state index is 0.177. The van der Waals surface area contributed by atoms with Gasteiger partial charge in [0.2, 0.25) is 0 Å². The second-order valence-electron chi connectivity index (χ2n) is 5.77. The molecule has 2 atom stereocenters. The topological polar surface area (TPSA) is 18.5 Å². The van der Waals surface area contributed by atoms with E-state index >= 15 is 0 Å². The average Bonchev–Trinajstić information content (AvgIpc) is 1.46. The van der Waals surface area contributed by atoms with E-state index in [9.17, 15) is 0 Å². The first-order chi connectivity index (χ1) is 5.23. The van der Waals surface area contributed by atoms with Crippen molar-refractivity contribution in [1.82, 2.24) is 0 Å². The standard InChI is InChI=1S/C10H20O2/c1-9(2,3)7-8(12-11-7)10(4,5)6/h7-8H,1-6H3. The zero-order valence-corrected chi connectivity index (χ0v) is 8.97. The van der Waals surface area contributed by atoms with Gasteiger partial charge in [0, 0.05) is 0 Å². The van der Waals surface area contributed by atoms with E-state index in [4.69, 9.17) is 9.78 Å². The van der Waals surface area contributed by atoms with Gasteiger partial charge in [-0.15, -0.1) is 0 Å². The van der Waals surface area contributed by atoms with Crippen molar-refractivity contribution in [2.45, 2.75) is 53.8 Å². The Morgan fingerprint density at radius 1 is 0.667 bits per heavy atom. The van der Waals surface area contributed by atoms with E-state index in [-0.39, 0.29) is 23.0 Å². The van der Waals surface area contributed by atoms with E-state index in [1.165, 1.54) is 0 Å². The summed E-state index contributed by atoms with van der Waals surface area (Å²) in [5, 5.41) is 0. The first kappa shape index (κ1) is 10.0. The molecule has 2 heteroatoms. The third-order valence-electron chi connectivity index (χ3n) is 2.24. The smallest absolute Gasteiger partial charge is 0.128 e. The molecule has 0 aromatic carbocycles. The van der Waals surface area contributed by atoms with Crippen molar-refractivity contribution < 1.29 is 9.78 Å². The summed E-state index contributed by atoms with van der Waals surface area (Å²) >= 11 is 0. The lowest BCUT2D eigenvalue weighted by Crippen LogP contribution is -2.56.